The number of benzene rings is 2. The van der Waals surface area contributed by atoms with E-state index in [0.29, 0.717) is 23.2 Å². The van der Waals surface area contributed by atoms with Gasteiger partial charge < -0.3 is 24.4 Å². The van der Waals surface area contributed by atoms with E-state index in [1.807, 2.05) is 12.1 Å². The van der Waals surface area contributed by atoms with E-state index in [1.54, 1.807) is 21.3 Å². The average Bonchev–Trinajstić information content (AvgIpc) is 3.20. The van der Waals surface area contributed by atoms with Crippen LogP contribution in [0.1, 0.15) is 42.0 Å². The van der Waals surface area contributed by atoms with Crippen molar-refractivity contribution in [2.75, 3.05) is 46.4 Å². The lowest BCUT2D eigenvalue weighted by molar-refractivity contribution is -0.670. The minimum absolute atomic E-state index is 0.0857. The molecule has 38 heavy (non-hydrogen) atoms. The van der Waals surface area contributed by atoms with Crippen LogP contribution in [0.25, 0.3) is 11.1 Å². The van der Waals surface area contributed by atoms with Crippen LogP contribution in [0.3, 0.4) is 0 Å². The minimum Gasteiger partial charge on any atom is -0.493 e. The Morgan fingerprint density at radius 3 is 2.29 bits per heavy atom. The van der Waals surface area contributed by atoms with Gasteiger partial charge in [-0.3, -0.25) is 4.79 Å². The first kappa shape index (κ1) is 26.1. The van der Waals surface area contributed by atoms with Crippen molar-refractivity contribution in [1.29, 1.82) is 0 Å². The molecule has 200 valence electrons. The molecule has 2 aliphatic rings. The van der Waals surface area contributed by atoms with Gasteiger partial charge in [-0.15, -0.1) is 0 Å². The summed E-state index contributed by atoms with van der Waals surface area (Å²) >= 11 is 0. The third-order valence-electron chi connectivity index (χ3n) is 8.29. The fourth-order valence-electron chi connectivity index (χ4n) is 6.27. The molecule has 3 aromatic carbocycles. The number of ether oxygens (including phenoxy) is 3. The van der Waals surface area contributed by atoms with Crippen molar-refractivity contribution >= 4 is 5.69 Å². The van der Waals surface area contributed by atoms with E-state index >= 15 is 0 Å². The predicted molar refractivity (Wildman–Crippen MR) is 152 cm³/mol. The number of nitrogens with zero attached hydrogens (tertiary/aromatic N) is 1. The Hall–Kier alpha value is -3.51. The molecule has 0 aromatic heterocycles. The molecule has 0 amide bonds. The smallest absolute Gasteiger partial charge is 0.203 e. The Kier molecular flexibility index (Phi) is 7.89. The molecule has 5 rings (SSSR count). The Balaban J connectivity index is 1.53. The van der Waals surface area contributed by atoms with Gasteiger partial charge in [-0.25, -0.2) is 0 Å². The van der Waals surface area contributed by atoms with E-state index in [0.717, 1.165) is 73.1 Å². The number of nitrogens with two attached hydrogens (primary N) is 1. The van der Waals surface area contributed by atoms with Crippen LogP contribution in [0.2, 0.25) is 0 Å². The number of rotatable bonds is 7. The van der Waals surface area contributed by atoms with Gasteiger partial charge in [0.15, 0.2) is 11.5 Å². The lowest BCUT2D eigenvalue weighted by Gasteiger charge is -2.33. The van der Waals surface area contributed by atoms with Gasteiger partial charge in [-0.1, -0.05) is 36.4 Å². The number of piperidine rings is 1. The lowest BCUT2D eigenvalue weighted by Crippen LogP contribution is -2.81. The first-order valence-electron chi connectivity index (χ1n) is 13.7. The van der Waals surface area contributed by atoms with Crippen LogP contribution in [-0.2, 0) is 12.8 Å². The van der Waals surface area contributed by atoms with Crippen LogP contribution in [0.5, 0.6) is 17.2 Å². The van der Waals surface area contributed by atoms with Crippen molar-refractivity contribution in [2.45, 2.75) is 38.1 Å². The first-order chi connectivity index (χ1) is 18.6. The number of quaternary nitrogens is 1. The number of fused-ring (bicyclic) bond motifs is 3. The maximum absolute atomic E-state index is 13.7. The van der Waals surface area contributed by atoms with E-state index < -0.39 is 0 Å². The Morgan fingerprint density at radius 2 is 1.63 bits per heavy atom. The van der Waals surface area contributed by atoms with Crippen LogP contribution in [0.15, 0.2) is 59.4 Å². The van der Waals surface area contributed by atoms with Crippen molar-refractivity contribution in [3.05, 3.63) is 81.5 Å². The molecule has 1 saturated heterocycles. The number of methoxy groups -OCH3 is 3. The maximum Gasteiger partial charge on any atom is 0.203 e. The Morgan fingerprint density at radius 1 is 0.895 bits per heavy atom. The van der Waals surface area contributed by atoms with Crippen LogP contribution in [-0.4, -0.2) is 41.5 Å². The summed E-state index contributed by atoms with van der Waals surface area (Å²) in [6.07, 6.45) is 5.05. The molecule has 1 fully saturated rings. The van der Waals surface area contributed by atoms with Gasteiger partial charge in [-0.2, -0.15) is 0 Å². The molecular weight excluding hydrogens is 476 g/mol. The highest BCUT2D eigenvalue weighted by Gasteiger charge is 2.30. The summed E-state index contributed by atoms with van der Waals surface area (Å²) < 4.78 is 17.3. The molecule has 1 aliphatic heterocycles. The van der Waals surface area contributed by atoms with Crippen LogP contribution in [0, 0.1) is 5.92 Å². The van der Waals surface area contributed by atoms with Crippen molar-refractivity contribution in [2.24, 2.45) is 5.92 Å². The monoisotopic (exact) mass is 515 g/mol. The van der Waals surface area contributed by atoms with Crippen LogP contribution < -0.4 is 29.9 Å². The molecule has 0 unspecified atom stereocenters. The highest BCUT2D eigenvalue weighted by Crippen LogP contribution is 2.49. The van der Waals surface area contributed by atoms with Gasteiger partial charge in [0.05, 0.1) is 34.1 Å². The van der Waals surface area contributed by atoms with Gasteiger partial charge in [0.2, 0.25) is 11.2 Å². The molecule has 0 spiro atoms. The molecule has 0 radical (unpaired) electrons. The fraction of sp³-hybridized carbons (Fsp3) is 0.406. The summed E-state index contributed by atoms with van der Waals surface area (Å²) in [6, 6.07) is 19.0. The second-order valence-corrected chi connectivity index (χ2v) is 10.4. The van der Waals surface area contributed by atoms with E-state index in [1.165, 1.54) is 5.56 Å². The van der Waals surface area contributed by atoms with E-state index in [4.69, 9.17) is 14.2 Å². The highest BCUT2D eigenvalue weighted by atomic mass is 16.5. The molecule has 6 nitrogen and oxygen atoms in total. The predicted octanol–water partition coefficient (Wildman–Crippen LogP) is 4.38. The van der Waals surface area contributed by atoms with Gasteiger partial charge in [0.1, 0.15) is 6.04 Å². The molecule has 3 aromatic rings. The lowest BCUT2D eigenvalue weighted by atomic mass is 9.90. The molecule has 1 atom stereocenters. The third kappa shape index (κ3) is 4.97. The summed E-state index contributed by atoms with van der Waals surface area (Å²) in [5.74, 6) is 2.54. The van der Waals surface area contributed by atoms with Gasteiger partial charge in [-0.05, 0) is 66.5 Å². The molecule has 2 N–H and O–H groups in total. The summed E-state index contributed by atoms with van der Waals surface area (Å²) in [5.41, 5.74) is 6.48. The largest absolute Gasteiger partial charge is 0.493 e. The second kappa shape index (κ2) is 11.5. The van der Waals surface area contributed by atoms with Gasteiger partial charge in [0, 0.05) is 30.6 Å². The van der Waals surface area contributed by atoms with Gasteiger partial charge >= 0.3 is 0 Å². The summed E-state index contributed by atoms with van der Waals surface area (Å²) in [7, 11) is 7.03. The average molecular weight is 516 g/mol. The topological polar surface area (TPSA) is 64.6 Å². The minimum atomic E-state index is 0.0857. The molecule has 0 bridgehead atoms. The number of aryl methyl sites for hydroxylation is 1. The molecular formula is C32H39N2O4+. The molecule has 1 heterocycles. The highest BCUT2D eigenvalue weighted by molar-refractivity contribution is 5.82. The summed E-state index contributed by atoms with van der Waals surface area (Å²) in [4.78, 5) is 16.0. The number of hydrogen-bond acceptors (Lipinski definition) is 5. The first-order valence-corrected chi connectivity index (χ1v) is 13.7. The number of hydrogen-bond donors (Lipinski definition) is 1. The van der Waals surface area contributed by atoms with Crippen molar-refractivity contribution in [3.8, 4) is 28.4 Å². The van der Waals surface area contributed by atoms with Crippen LogP contribution in [0.4, 0.5) is 5.69 Å². The maximum atomic E-state index is 13.7. The molecule has 1 aliphatic carbocycles. The normalized spacial score (nSPS) is 17.3. The SMILES string of the molecule is C[NH2+][C@H]1CCc2cc(OC)c(OC)c(OC)c2-c2ccc(N3CCC(Cc4ccccc4)CC3)c(=O)cc21. The van der Waals surface area contributed by atoms with E-state index in [9.17, 15) is 4.79 Å². The number of anilines is 1. The fourth-order valence-corrected chi connectivity index (χ4v) is 6.27. The van der Waals surface area contributed by atoms with Gasteiger partial charge in [0.25, 0.3) is 0 Å². The summed E-state index contributed by atoms with van der Waals surface area (Å²) in [6.45, 7) is 1.80. The quantitative estimate of drug-likeness (QED) is 0.506. The van der Waals surface area contributed by atoms with Crippen molar-refractivity contribution in [3.63, 3.8) is 0 Å². The van der Waals surface area contributed by atoms with E-state index in [-0.39, 0.29) is 11.5 Å². The van der Waals surface area contributed by atoms with Crippen molar-refractivity contribution < 1.29 is 19.5 Å². The second-order valence-electron chi connectivity index (χ2n) is 10.4. The molecule has 0 saturated carbocycles. The van der Waals surface area contributed by atoms with Crippen LogP contribution >= 0.6 is 0 Å². The summed E-state index contributed by atoms with van der Waals surface area (Å²) in [5, 5.41) is 2.21. The zero-order chi connectivity index (χ0) is 26.6. The Labute approximate surface area is 225 Å². The Bertz CT molecular complexity index is 1330. The van der Waals surface area contributed by atoms with Crippen molar-refractivity contribution in [1.82, 2.24) is 0 Å². The third-order valence-corrected chi connectivity index (χ3v) is 8.29. The molecule has 6 heteroatoms. The van der Waals surface area contributed by atoms with E-state index in [2.05, 4.69) is 59.7 Å². The zero-order valence-corrected chi connectivity index (χ0v) is 23.0. The zero-order valence-electron chi connectivity index (χ0n) is 23.0. The standard InChI is InChI=1S/C32H38N2O4/c1-33-26-12-10-23-19-29(36-2)31(37-3)32(38-4)30(23)24-11-13-27(28(35)20-25(24)26)34-16-14-22(15-17-34)18-21-8-6-5-7-9-21/h5-9,11,13,19-20,22,26,33H,10,12,14-18H2,1-4H3/p+1/t26-/m0/s1.